The first-order valence-corrected chi connectivity index (χ1v) is 9.66. The molecule has 3 atom stereocenters. The molecule has 1 saturated heterocycles. The quantitative estimate of drug-likeness (QED) is 0.619. The van der Waals surface area contributed by atoms with Crippen LogP contribution in [0.4, 0.5) is 0 Å². The van der Waals surface area contributed by atoms with Gasteiger partial charge in [-0.25, -0.2) is 0 Å². The molecule has 1 aromatic rings. The summed E-state index contributed by atoms with van der Waals surface area (Å²) >= 11 is 1.52. The summed E-state index contributed by atoms with van der Waals surface area (Å²) in [6, 6.07) is 7.78. The number of carboxylic acid groups (broad SMARTS) is 2. The summed E-state index contributed by atoms with van der Waals surface area (Å²) < 4.78 is 0. The number of hydrogen-bond acceptors (Lipinski definition) is 5. The molecule has 1 amide bonds. The number of nitrogens with zero attached hydrogens (tertiary/aromatic N) is 1. The zero-order valence-electron chi connectivity index (χ0n) is 14.6. The Morgan fingerprint density at radius 2 is 1.96 bits per heavy atom. The van der Waals surface area contributed by atoms with Crippen LogP contribution in [-0.4, -0.2) is 69.1 Å². The van der Waals surface area contributed by atoms with E-state index in [9.17, 15) is 19.5 Å². The molecular weight excluding hydrogens is 356 g/mol. The molecule has 0 aromatic heterocycles. The Kier molecular flexibility index (Phi) is 7.47. The third kappa shape index (κ3) is 5.74. The number of carbonyl (C=O) groups excluding carboxylic acids is 1. The van der Waals surface area contributed by atoms with Gasteiger partial charge >= 0.3 is 11.9 Å². The van der Waals surface area contributed by atoms with Crippen LogP contribution in [0.2, 0.25) is 0 Å². The Labute approximate surface area is 156 Å². The van der Waals surface area contributed by atoms with Gasteiger partial charge in [-0.2, -0.15) is 11.8 Å². The van der Waals surface area contributed by atoms with Crippen molar-refractivity contribution in [2.75, 3.05) is 18.1 Å². The lowest BCUT2D eigenvalue weighted by molar-refractivity contribution is -0.147. The van der Waals surface area contributed by atoms with Gasteiger partial charge in [0.2, 0.25) is 5.91 Å². The summed E-state index contributed by atoms with van der Waals surface area (Å²) in [6.45, 7) is 1.43. The maximum absolute atomic E-state index is 12.7. The van der Waals surface area contributed by atoms with Crippen molar-refractivity contribution >= 4 is 29.6 Å². The zero-order valence-corrected chi connectivity index (χ0v) is 15.4. The van der Waals surface area contributed by atoms with Gasteiger partial charge in [-0.1, -0.05) is 30.3 Å². The number of carboxylic acids is 2. The van der Waals surface area contributed by atoms with Crippen molar-refractivity contribution < 1.29 is 24.6 Å². The molecule has 142 valence electrons. The van der Waals surface area contributed by atoms with E-state index in [0.717, 1.165) is 5.56 Å². The highest BCUT2D eigenvalue weighted by molar-refractivity contribution is 7.99. The SMILES string of the molecule is CC1CSCC(NC(CCc2ccccc2)C(=O)O)C(=O)N1CC(=O)O. The van der Waals surface area contributed by atoms with Crippen molar-refractivity contribution in [1.82, 2.24) is 10.2 Å². The molecule has 3 unspecified atom stereocenters. The highest BCUT2D eigenvalue weighted by Gasteiger charge is 2.34. The molecule has 1 aliphatic rings. The second-order valence-electron chi connectivity index (χ2n) is 6.38. The van der Waals surface area contributed by atoms with Gasteiger partial charge < -0.3 is 15.1 Å². The fraction of sp³-hybridized carbons (Fsp3) is 0.500. The molecule has 0 aliphatic carbocycles. The van der Waals surface area contributed by atoms with Gasteiger partial charge in [0.1, 0.15) is 12.6 Å². The molecule has 1 heterocycles. The minimum absolute atomic E-state index is 0.206. The lowest BCUT2D eigenvalue weighted by atomic mass is 10.0. The van der Waals surface area contributed by atoms with E-state index in [1.54, 1.807) is 6.92 Å². The molecule has 0 radical (unpaired) electrons. The van der Waals surface area contributed by atoms with Crippen molar-refractivity contribution in [3.8, 4) is 0 Å². The first-order valence-electron chi connectivity index (χ1n) is 8.51. The van der Waals surface area contributed by atoms with Crippen LogP contribution < -0.4 is 5.32 Å². The molecule has 8 heteroatoms. The van der Waals surface area contributed by atoms with E-state index >= 15 is 0 Å². The summed E-state index contributed by atoms with van der Waals surface area (Å²) in [6.07, 6.45) is 0.927. The van der Waals surface area contributed by atoms with Gasteiger partial charge in [-0.05, 0) is 25.3 Å². The van der Waals surface area contributed by atoms with Crippen LogP contribution in [-0.2, 0) is 20.8 Å². The maximum atomic E-state index is 12.7. The van der Waals surface area contributed by atoms with E-state index in [4.69, 9.17) is 5.11 Å². The van der Waals surface area contributed by atoms with E-state index in [2.05, 4.69) is 5.32 Å². The van der Waals surface area contributed by atoms with Crippen molar-refractivity contribution in [1.29, 1.82) is 0 Å². The van der Waals surface area contributed by atoms with Crippen molar-refractivity contribution in [3.05, 3.63) is 35.9 Å². The summed E-state index contributed by atoms with van der Waals surface area (Å²) in [5, 5.41) is 21.5. The van der Waals surface area contributed by atoms with Gasteiger partial charge in [-0.15, -0.1) is 0 Å². The molecule has 7 nitrogen and oxygen atoms in total. The number of rotatable bonds is 8. The Balaban J connectivity index is 2.04. The van der Waals surface area contributed by atoms with E-state index < -0.39 is 24.0 Å². The maximum Gasteiger partial charge on any atom is 0.323 e. The molecule has 0 bridgehead atoms. The molecule has 1 aliphatic heterocycles. The number of aryl methyl sites for hydroxylation is 1. The molecule has 0 spiro atoms. The third-order valence-corrected chi connectivity index (χ3v) is 5.61. The summed E-state index contributed by atoms with van der Waals surface area (Å²) in [5.74, 6) is -1.39. The van der Waals surface area contributed by atoms with Crippen LogP contribution in [0.25, 0.3) is 0 Å². The fourth-order valence-corrected chi connectivity index (χ4v) is 4.04. The van der Waals surface area contributed by atoms with Crippen molar-refractivity contribution in [2.45, 2.75) is 37.9 Å². The highest BCUT2D eigenvalue weighted by Crippen LogP contribution is 2.18. The molecule has 2 rings (SSSR count). The van der Waals surface area contributed by atoms with E-state index in [0.29, 0.717) is 24.3 Å². The lowest BCUT2D eigenvalue weighted by Crippen LogP contribution is -2.54. The Morgan fingerprint density at radius 1 is 1.27 bits per heavy atom. The second kappa shape index (κ2) is 9.59. The van der Waals surface area contributed by atoms with Gasteiger partial charge in [-0.3, -0.25) is 19.7 Å². The van der Waals surface area contributed by atoms with Gasteiger partial charge in [0.15, 0.2) is 0 Å². The molecule has 3 N–H and O–H groups in total. The number of hydrogen-bond donors (Lipinski definition) is 3. The van der Waals surface area contributed by atoms with E-state index in [1.807, 2.05) is 30.3 Å². The number of benzene rings is 1. The molecular formula is C18H24N2O5S. The number of amides is 1. The van der Waals surface area contributed by atoms with Crippen LogP contribution in [0.15, 0.2) is 30.3 Å². The van der Waals surface area contributed by atoms with Crippen LogP contribution in [0.5, 0.6) is 0 Å². The van der Waals surface area contributed by atoms with Gasteiger partial charge in [0.05, 0.1) is 6.04 Å². The topological polar surface area (TPSA) is 107 Å². The molecule has 1 aromatic carbocycles. The summed E-state index contributed by atoms with van der Waals surface area (Å²) in [4.78, 5) is 36.7. The van der Waals surface area contributed by atoms with Crippen molar-refractivity contribution in [2.24, 2.45) is 0 Å². The normalized spacial score (nSPS) is 21.9. The first kappa shape index (κ1) is 20.3. The van der Waals surface area contributed by atoms with Gasteiger partial charge in [0.25, 0.3) is 0 Å². The summed E-state index contributed by atoms with van der Waals surface area (Å²) in [7, 11) is 0. The minimum Gasteiger partial charge on any atom is -0.480 e. The average molecular weight is 380 g/mol. The number of nitrogens with one attached hydrogen (secondary N) is 1. The zero-order chi connectivity index (χ0) is 19.1. The Hall–Kier alpha value is -2.06. The third-order valence-electron chi connectivity index (χ3n) is 4.33. The molecule has 1 fully saturated rings. The first-order chi connectivity index (χ1) is 12.4. The average Bonchev–Trinajstić information content (AvgIpc) is 2.72. The number of thioether (sulfide) groups is 1. The predicted molar refractivity (Wildman–Crippen MR) is 99.2 cm³/mol. The molecule has 26 heavy (non-hydrogen) atoms. The van der Waals surface area contributed by atoms with Crippen molar-refractivity contribution in [3.63, 3.8) is 0 Å². The van der Waals surface area contributed by atoms with Gasteiger partial charge in [0, 0.05) is 17.5 Å². The molecule has 0 saturated carbocycles. The fourth-order valence-electron chi connectivity index (χ4n) is 2.91. The standard InChI is InChI=1S/C18H24N2O5S/c1-12-10-26-11-15(17(23)20(12)9-16(21)22)19-14(18(24)25)8-7-13-5-3-2-4-6-13/h2-6,12,14-15,19H,7-11H2,1H3,(H,21,22)(H,24,25). The smallest absolute Gasteiger partial charge is 0.323 e. The predicted octanol–water partition coefficient (Wildman–Crippen LogP) is 1.08. The van der Waals surface area contributed by atoms with Crippen LogP contribution in [0.1, 0.15) is 18.9 Å². The van der Waals surface area contributed by atoms with Crippen LogP contribution >= 0.6 is 11.8 Å². The van der Waals surface area contributed by atoms with E-state index in [-0.39, 0.29) is 18.5 Å². The van der Waals surface area contributed by atoms with Crippen LogP contribution in [0.3, 0.4) is 0 Å². The van der Waals surface area contributed by atoms with Crippen LogP contribution in [0, 0.1) is 0 Å². The lowest BCUT2D eigenvalue weighted by Gasteiger charge is -2.29. The highest BCUT2D eigenvalue weighted by atomic mass is 32.2. The minimum atomic E-state index is -1.07. The second-order valence-corrected chi connectivity index (χ2v) is 7.46. The monoisotopic (exact) mass is 380 g/mol. The van der Waals surface area contributed by atoms with E-state index in [1.165, 1.54) is 16.7 Å². The Bertz CT molecular complexity index is 640. The number of aliphatic carboxylic acids is 2. The number of carbonyl (C=O) groups is 3. The summed E-state index contributed by atoms with van der Waals surface area (Å²) in [5.41, 5.74) is 1.03. The Morgan fingerprint density at radius 3 is 2.58 bits per heavy atom. The largest absolute Gasteiger partial charge is 0.480 e.